The molecule has 1 fully saturated rings. The van der Waals surface area contributed by atoms with E-state index in [0.717, 1.165) is 24.0 Å². The number of hydrogen-bond acceptors (Lipinski definition) is 7. The van der Waals surface area contributed by atoms with Gasteiger partial charge < -0.3 is 21.3 Å². The van der Waals surface area contributed by atoms with Crippen LogP contribution in [0.4, 0.5) is 0 Å². The van der Waals surface area contributed by atoms with Gasteiger partial charge in [-0.2, -0.15) is 0 Å². The fraction of sp³-hybridized carbons (Fsp3) is 0.541. The predicted octanol–water partition coefficient (Wildman–Crippen LogP) is 4.11. The smallest absolute Gasteiger partial charge is 0.260 e. The maximum absolute atomic E-state index is 14.1. The standard InChI is InChI=1S/C37H55N5O5S/c1-24(2)29(22-25(3)32(43)41-48(46,47)23-26-16-18-28(19-17-26)37(38)20-21-37)42(10)34(45)31(35(4,5)6)40-33(44)30(39-9)36(7,8)27-14-12-11-13-15-27/h11-19,22,24,29-31,39H,20-21,23,38H2,1-10H3,(H,40,44)(H,41,43)/t29?,30-,31-/m1/s1. The lowest BCUT2D eigenvalue weighted by molar-refractivity contribution is -0.140. The number of benzene rings is 2. The molecule has 5 N–H and O–H groups in total. The van der Waals surface area contributed by atoms with Crippen molar-refractivity contribution in [3.63, 3.8) is 0 Å². The second-order valence-electron chi connectivity index (χ2n) is 15.2. The number of nitrogens with zero attached hydrogens (tertiary/aromatic N) is 1. The minimum absolute atomic E-state index is 0.132. The Kier molecular flexibility index (Phi) is 12.1. The number of rotatable bonds is 14. The fourth-order valence-corrected chi connectivity index (χ4v) is 7.14. The van der Waals surface area contributed by atoms with Crippen LogP contribution in [-0.4, -0.2) is 63.3 Å². The van der Waals surface area contributed by atoms with Gasteiger partial charge in [-0.3, -0.25) is 14.4 Å². The third-order valence-corrected chi connectivity index (χ3v) is 10.6. The van der Waals surface area contributed by atoms with Gasteiger partial charge in [0.25, 0.3) is 5.91 Å². The van der Waals surface area contributed by atoms with E-state index in [0.29, 0.717) is 5.56 Å². The number of carbonyl (C=O) groups excluding carboxylic acids is 3. The molecule has 0 aromatic heterocycles. The monoisotopic (exact) mass is 681 g/mol. The summed E-state index contributed by atoms with van der Waals surface area (Å²) in [6, 6.07) is 14.8. The van der Waals surface area contributed by atoms with Crippen LogP contribution in [0.25, 0.3) is 0 Å². The Morgan fingerprint density at radius 1 is 0.958 bits per heavy atom. The summed E-state index contributed by atoms with van der Waals surface area (Å²) in [5.74, 6) is -1.90. The quantitative estimate of drug-likeness (QED) is 0.219. The minimum Gasteiger partial charge on any atom is -0.342 e. The number of sulfonamides is 1. The van der Waals surface area contributed by atoms with E-state index in [-0.39, 0.29) is 34.6 Å². The van der Waals surface area contributed by atoms with Gasteiger partial charge in [-0.05, 0) is 54.8 Å². The molecule has 1 saturated carbocycles. The van der Waals surface area contributed by atoms with Crippen molar-refractivity contribution in [2.45, 2.75) is 103 Å². The van der Waals surface area contributed by atoms with Gasteiger partial charge in [0.05, 0.1) is 17.8 Å². The Morgan fingerprint density at radius 3 is 2.00 bits per heavy atom. The van der Waals surface area contributed by atoms with E-state index < -0.39 is 44.9 Å². The van der Waals surface area contributed by atoms with Crippen molar-refractivity contribution in [1.29, 1.82) is 0 Å². The molecule has 3 amide bonds. The van der Waals surface area contributed by atoms with E-state index in [9.17, 15) is 22.8 Å². The zero-order valence-corrected chi connectivity index (χ0v) is 31.0. The van der Waals surface area contributed by atoms with E-state index in [1.54, 1.807) is 32.3 Å². The number of amides is 3. The highest BCUT2D eigenvalue weighted by Crippen LogP contribution is 2.42. The Hall–Kier alpha value is -3.54. The summed E-state index contributed by atoms with van der Waals surface area (Å²) >= 11 is 0. The summed E-state index contributed by atoms with van der Waals surface area (Å²) < 4.78 is 28.0. The third-order valence-electron chi connectivity index (χ3n) is 9.37. The minimum atomic E-state index is -4.00. The highest BCUT2D eigenvalue weighted by molar-refractivity contribution is 7.89. The first-order valence-corrected chi connectivity index (χ1v) is 18.2. The number of likely N-dealkylation sites (N-methyl/N-ethyl adjacent to an activating group) is 2. The summed E-state index contributed by atoms with van der Waals surface area (Å²) in [5, 5.41) is 6.17. The van der Waals surface area contributed by atoms with Crippen LogP contribution in [0.1, 0.15) is 84.9 Å². The summed E-state index contributed by atoms with van der Waals surface area (Å²) in [7, 11) is -0.638. The van der Waals surface area contributed by atoms with Gasteiger partial charge in [-0.25, -0.2) is 13.1 Å². The Bertz CT molecular complexity index is 1590. The lowest BCUT2D eigenvalue weighted by Gasteiger charge is -2.40. The van der Waals surface area contributed by atoms with Gasteiger partial charge in [0.1, 0.15) is 6.04 Å². The third kappa shape index (κ3) is 9.54. The van der Waals surface area contributed by atoms with Crippen molar-refractivity contribution in [2.75, 3.05) is 14.1 Å². The van der Waals surface area contributed by atoms with Gasteiger partial charge in [0.2, 0.25) is 21.8 Å². The zero-order chi connectivity index (χ0) is 36.2. The van der Waals surface area contributed by atoms with Crippen LogP contribution in [0.5, 0.6) is 0 Å². The molecule has 48 heavy (non-hydrogen) atoms. The van der Waals surface area contributed by atoms with Crippen LogP contribution in [0.15, 0.2) is 66.2 Å². The van der Waals surface area contributed by atoms with Gasteiger partial charge in [0, 0.05) is 23.6 Å². The van der Waals surface area contributed by atoms with Gasteiger partial charge in [-0.15, -0.1) is 0 Å². The molecule has 0 radical (unpaired) electrons. The first kappa shape index (κ1) is 38.9. The fourth-order valence-electron chi connectivity index (χ4n) is 6.00. The largest absolute Gasteiger partial charge is 0.342 e. The molecule has 11 heteroatoms. The molecule has 2 aromatic rings. The predicted molar refractivity (Wildman–Crippen MR) is 191 cm³/mol. The highest BCUT2D eigenvalue weighted by Gasteiger charge is 2.42. The SMILES string of the molecule is CN[C@H](C(=O)N[C@H](C(=O)N(C)C(C=C(C)C(=O)NS(=O)(=O)Cc1ccc(C2(N)CC2)cc1)C(C)C)C(C)(C)C)C(C)(C)c1ccccc1. The van der Waals surface area contributed by atoms with Crippen LogP contribution in [0.2, 0.25) is 0 Å². The van der Waals surface area contributed by atoms with Crippen LogP contribution in [0, 0.1) is 11.3 Å². The number of nitrogens with two attached hydrogens (primary N) is 1. The van der Waals surface area contributed by atoms with Crippen LogP contribution in [0.3, 0.4) is 0 Å². The van der Waals surface area contributed by atoms with Gasteiger partial charge in [-0.1, -0.05) is 109 Å². The zero-order valence-electron chi connectivity index (χ0n) is 30.2. The highest BCUT2D eigenvalue weighted by atomic mass is 32.2. The Balaban J connectivity index is 1.76. The molecule has 0 heterocycles. The number of carbonyl (C=O) groups is 3. The van der Waals surface area contributed by atoms with E-state index >= 15 is 0 Å². The molecule has 10 nitrogen and oxygen atoms in total. The topological polar surface area (TPSA) is 151 Å². The summed E-state index contributed by atoms with van der Waals surface area (Å²) in [6.45, 7) is 15.0. The van der Waals surface area contributed by atoms with Crippen molar-refractivity contribution in [3.05, 3.63) is 82.9 Å². The Morgan fingerprint density at radius 2 is 1.52 bits per heavy atom. The second-order valence-corrected chi connectivity index (χ2v) is 16.9. The molecule has 1 unspecified atom stereocenters. The molecule has 3 rings (SSSR count). The van der Waals surface area contributed by atoms with Crippen molar-refractivity contribution >= 4 is 27.7 Å². The molecular weight excluding hydrogens is 627 g/mol. The summed E-state index contributed by atoms with van der Waals surface area (Å²) in [5.41, 5.74) is 7.32. The van der Waals surface area contributed by atoms with Crippen molar-refractivity contribution in [2.24, 2.45) is 17.1 Å². The van der Waals surface area contributed by atoms with Gasteiger partial charge in [0.15, 0.2) is 0 Å². The second kappa shape index (κ2) is 14.9. The normalized spacial score (nSPS) is 16.9. The van der Waals surface area contributed by atoms with E-state index in [1.807, 2.05) is 90.9 Å². The molecule has 264 valence electrons. The molecule has 3 atom stereocenters. The maximum atomic E-state index is 14.1. The average Bonchev–Trinajstić information content (AvgIpc) is 3.75. The number of hydrogen-bond donors (Lipinski definition) is 4. The molecule has 1 aliphatic rings. The van der Waals surface area contributed by atoms with Crippen molar-refractivity contribution < 1.29 is 22.8 Å². The van der Waals surface area contributed by atoms with Gasteiger partial charge >= 0.3 is 0 Å². The molecule has 0 aliphatic heterocycles. The lowest BCUT2D eigenvalue weighted by atomic mass is 9.76. The average molecular weight is 682 g/mol. The van der Waals surface area contributed by atoms with Crippen molar-refractivity contribution in [1.82, 2.24) is 20.3 Å². The first-order chi connectivity index (χ1) is 22.1. The number of nitrogens with one attached hydrogen (secondary N) is 3. The van der Waals surface area contributed by atoms with Crippen molar-refractivity contribution in [3.8, 4) is 0 Å². The summed E-state index contributed by atoms with van der Waals surface area (Å²) in [6.07, 6.45) is 3.41. The Labute approximate surface area is 287 Å². The maximum Gasteiger partial charge on any atom is 0.260 e. The van der Waals surface area contributed by atoms with Crippen LogP contribution < -0.4 is 21.1 Å². The van der Waals surface area contributed by atoms with E-state index in [4.69, 9.17) is 5.73 Å². The molecule has 0 saturated heterocycles. The molecule has 0 bridgehead atoms. The summed E-state index contributed by atoms with van der Waals surface area (Å²) in [4.78, 5) is 42.6. The van der Waals surface area contributed by atoms with E-state index in [2.05, 4.69) is 15.4 Å². The molecule has 0 spiro atoms. The molecule has 1 aliphatic carbocycles. The first-order valence-electron chi connectivity index (χ1n) is 16.5. The lowest BCUT2D eigenvalue weighted by Crippen LogP contribution is -2.61. The molecular formula is C37H55N5O5S. The van der Waals surface area contributed by atoms with Crippen LogP contribution >= 0.6 is 0 Å². The van der Waals surface area contributed by atoms with E-state index in [1.165, 1.54) is 11.8 Å². The van der Waals surface area contributed by atoms with Crippen LogP contribution in [-0.2, 0) is 41.1 Å². The molecule has 2 aromatic carbocycles.